The molecule has 1 rings (SSSR count). The second kappa shape index (κ2) is 11.7. The predicted molar refractivity (Wildman–Crippen MR) is 98.1 cm³/mol. The van der Waals surface area contributed by atoms with Crippen molar-refractivity contribution in [2.75, 3.05) is 39.9 Å². The third kappa shape index (κ3) is 6.40. The maximum absolute atomic E-state index is 12.5. The standard InChI is InChI=1S/C19H32N2O3/c1-5-8-15-24-18-16(11-9-12-17(18)23-4)19(22)20-13-10-14-21(6-2)7-3/h9,11-12H,5-8,10,13-15H2,1-4H3,(H,20,22). The zero-order valence-corrected chi connectivity index (χ0v) is 15.6. The summed E-state index contributed by atoms with van der Waals surface area (Å²) in [7, 11) is 1.59. The Morgan fingerprint density at radius 3 is 2.54 bits per heavy atom. The third-order valence-electron chi connectivity index (χ3n) is 4.02. The van der Waals surface area contributed by atoms with Crippen molar-refractivity contribution in [3.63, 3.8) is 0 Å². The Balaban J connectivity index is 2.64. The molecule has 1 N–H and O–H groups in total. The number of unbranched alkanes of at least 4 members (excludes halogenated alkanes) is 1. The van der Waals surface area contributed by atoms with Gasteiger partial charge in [0.15, 0.2) is 11.5 Å². The van der Waals surface area contributed by atoms with Gasteiger partial charge in [-0.05, 0) is 44.6 Å². The van der Waals surface area contributed by atoms with Crippen molar-refractivity contribution in [3.8, 4) is 11.5 Å². The minimum Gasteiger partial charge on any atom is -0.493 e. The molecule has 0 aliphatic rings. The number of carbonyl (C=O) groups excluding carboxylic acids is 1. The van der Waals surface area contributed by atoms with Crippen LogP contribution in [0.15, 0.2) is 18.2 Å². The Morgan fingerprint density at radius 1 is 1.17 bits per heavy atom. The maximum atomic E-state index is 12.5. The molecule has 0 aliphatic carbocycles. The normalized spacial score (nSPS) is 10.7. The first-order chi connectivity index (χ1) is 11.7. The molecule has 1 aromatic carbocycles. The second-order valence-corrected chi connectivity index (χ2v) is 5.68. The Bertz CT molecular complexity index is 488. The van der Waals surface area contributed by atoms with E-state index in [1.807, 2.05) is 12.1 Å². The van der Waals surface area contributed by atoms with E-state index in [-0.39, 0.29) is 5.91 Å². The van der Waals surface area contributed by atoms with Gasteiger partial charge in [-0.1, -0.05) is 33.3 Å². The van der Waals surface area contributed by atoms with E-state index in [0.29, 0.717) is 30.2 Å². The molecule has 0 aliphatic heterocycles. The second-order valence-electron chi connectivity index (χ2n) is 5.68. The highest BCUT2D eigenvalue weighted by Gasteiger charge is 2.16. The number of carbonyl (C=O) groups is 1. The van der Waals surface area contributed by atoms with Gasteiger partial charge in [-0.15, -0.1) is 0 Å². The quantitative estimate of drug-likeness (QED) is 0.595. The number of benzene rings is 1. The summed E-state index contributed by atoms with van der Waals surface area (Å²) in [5, 5.41) is 2.98. The van der Waals surface area contributed by atoms with Gasteiger partial charge in [0.2, 0.25) is 0 Å². The molecular weight excluding hydrogens is 304 g/mol. The summed E-state index contributed by atoms with van der Waals surface area (Å²) in [4.78, 5) is 14.8. The number of amides is 1. The Labute approximate surface area is 146 Å². The number of rotatable bonds is 12. The summed E-state index contributed by atoms with van der Waals surface area (Å²) in [6.07, 6.45) is 2.93. The van der Waals surface area contributed by atoms with Crippen molar-refractivity contribution in [2.24, 2.45) is 0 Å². The lowest BCUT2D eigenvalue weighted by molar-refractivity contribution is 0.0947. The highest BCUT2D eigenvalue weighted by atomic mass is 16.5. The summed E-state index contributed by atoms with van der Waals surface area (Å²) in [6.45, 7) is 10.7. The van der Waals surface area contributed by atoms with Gasteiger partial charge >= 0.3 is 0 Å². The molecule has 0 radical (unpaired) electrons. The van der Waals surface area contributed by atoms with Crippen LogP contribution in [0.5, 0.6) is 11.5 Å². The zero-order valence-electron chi connectivity index (χ0n) is 15.6. The fourth-order valence-electron chi connectivity index (χ4n) is 2.46. The average molecular weight is 336 g/mol. The molecule has 0 spiro atoms. The molecule has 1 amide bonds. The molecule has 0 fully saturated rings. The van der Waals surface area contributed by atoms with Crippen LogP contribution in [0, 0.1) is 0 Å². The van der Waals surface area contributed by atoms with Crippen molar-refractivity contribution >= 4 is 5.91 Å². The van der Waals surface area contributed by atoms with E-state index in [1.54, 1.807) is 13.2 Å². The van der Waals surface area contributed by atoms with Gasteiger partial charge in [0.05, 0.1) is 19.3 Å². The van der Waals surface area contributed by atoms with E-state index in [9.17, 15) is 4.79 Å². The SMILES string of the molecule is CCCCOc1c(OC)cccc1C(=O)NCCCN(CC)CC. The van der Waals surface area contributed by atoms with Crippen LogP contribution in [0.4, 0.5) is 0 Å². The number of hydrogen-bond acceptors (Lipinski definition) is 4. The van der Waals surface area contributed by atoms with Gasteiger partial charge in [-0.25, -0.2) is 0 Å². The molecular formula is C19H32N2O3. The van der Waals surface area contributed by atoms with E-state index in [4.69, 9.17) is 9.47 Å². The van der Waals surface area contributed by atoms with Gasteiger partial charge in [-0.2, -0.15) is 0 Å². The highest BCUT2D eigenvalue weighted by Crippen LogP contribution is 2.31. The van der Waals surface area contributed by atoms with Gasteiger partial charge in [0.1, 0.15) is 0 Å². The predicted octanol–water partition coefficient (Wildman–Crippen LogP) is 3.34. The van der Waals surface area contributed by atoms with Crippen LogP contribution in [-0.2, 0) is 0 Å². The monoisotopic (exact) mass is 336 g/mol. The van der Waals surface area contributed by atoms with Crippen LogP contribution in [0.2, 0.25) is 0 Å². The fourth-order valence-corrected chi connectivity index (χ4v) is 2.46. The first kappa shape index (κ1) is 20.3. The molecule has 0 bridgehead atoms. The van der Waals surface area contributed by atoms with Crippen LogP contribution in [0.25, 0.3) is 0 Å². The van der Waals surface area contributed by atoms with Crippen molar-refractivity contribution in [1.82, 2.24) is 10.2 Å². The molecule has 24 heavy (non-hydrogen) atoms. The fraction of sp³-hybridized carbons (Fsp3) is 0.632. The van der Waals surface area contributed by atoms with E-state index in [0.717, 1.165) is 38.9 Å². The number of nitrogens with one attached hydrogen (secondary N) is 1. The van der Waals surface area contributed by atoms with E-state index in [1.165, 1.54) is 0 Å². The van der Waals surface area contributed by atoms with Gasteiger partial charge in [0.25, 0.3) is 5.91 Å². The topological polar surface area (TPSA) is 50.8 Å². The number of methoxy groups -OCH3 is 1. The summed E-state index contributed by atoms with van der Waals surface area (Å²) in [6, 6.07) is 5.41. The molecule has 1 aromatic rings. The Morgan fingerprint density at radius 2 is 1.92 bits per heavy atom. The Hall–Kier alpha value is -1.75. The van der Waals surface area contributed by atoms with E-state index >= 15 is 0 Å². The lowest BCUT2D eigenvalue weighted by atomic mass is 10.1. The number of hydrogen-bond donors (Lipinski definition) is 1. The minimum absolute atomic E-state index is 0.111. The van der Waals surface area contributed by atoms with Crippen molar-refractivity contribution in [3.05, 3.63) is 23.8 Å². The molecule has 5 heteroatoms. The van der Waals surface area contributed by atoms with Crippen molar-refractivity contribution in [1.29, 1.82) is 0 Å². The minimum atomic E-state index is -0.111. The molecule has 0 unspecified atom stereocenters. The molecule has 0 heterocycles. The molecule has 0 atom stereocenters. The van der Waals surface area contributed by atoms with Gasteiger partial charge in [0, 0.05) is 6.54 Å². The first-order valence-corrected chi connectivity index (χ1v) is 8.98. The van der Waals surface area contributed by atoms with E-state index in [2.05, 4.69) is 31.0 Å². The molecule has 0 saturated heterocycles. The molecule has 0 saturated carbocycles. The molecule has 136 valence electrons. The summed E-state index contributed by atoms with van der Waals surface area (Å²) in [5.41, 5.74) is 0.535. The van der Waals surface area contributed by atoms with Crippen molar-refractivity contribution < 1.29 is 14.3 Å². The largest absolute Gasteiger partial charge is 0.493 e. The van der Waals surface area contributed by atoms with E-state index < -0.39 is 0 Å². The third-order valence-corrected chi connectivity index (χ3v) is 4.02. The smallest absolute Gasteiger partial charge is 0.255 e. The number of nitrogens with zero attached hydrogens (tertiary/aromatic N) is 1. The lowest BCUT2D eigenvalue weighted by Crippen LogP contribution is -2.30. The molecule has 0 aromatic heterocycles. The summed E-state index contributed by atoms with van der Waals surface area (Å²) < 4.78 is 11.1. The van der Waals surface area contributed by atoms with Crippen LogP contribution >= 0.6 is 0 Å². The van der Waals surface area contributed by atoms with Crippen molar-refractivity contribution in [2.45, 2.75) is 40.0 Å². The van der Waals surface area contributed by atoms with Crippen LogP contribution in [-0.4, -0.2) is 50.7 Å². The first-order valence-electron chi connectivity index (χ1n) is 8.98. The number of ether oxygens (including phenoxy) is 2. The van der Waals surface area contributed by atoms with Crippen LogP contribution in [0.3, 0.4) is 0 Å². The van der Waals surface area contributed by atoms with Gasteiger partial charge < -0.3 is 19.7 Å². The number of para-hydroxylation sites is 1. The maximum Gasteiger partial charge on any atom is 0.255 e. The summed E-state index contributed by atoms with van der Waals surface area (Å²) >= 11 is 0. The van der Waals surface area contributed by atoms with Crippen LogP contribution in [0.1, 0.15) is 50.4 Å². The zero-order chi connectivity index (χ0) is 17.8. The average Bonchev–Trinajstić information content (AvgIpc) is 2.61. The highest BCUT2D eigenvalue weighted by molar-refractivity contribution is 5.97. The molecule has 5 nitrogen and oxygen atoms in total. The van der Waals surface area contributed by atoms with Crippen LogP contribution < -0.4 is 14.8 Å². The summed E-state index contributed by atoms with van der Waals surface area (Å²) in [5.74, 6) is 1.02. The Kier molecular flexibility index (Phi) is 9.92. The van der Waals surface area contributed by atoms with Gasteiger partial charge in [-0.3, -0.25) is 4.79 Å². The lowest BCUT2D eigenvalue weighted by Gasteiger charge is -2.18.